The van der Waals surface area contributed by atoms with Crippen LogP contribution in [0.15, 0.2) is 48.7 Å². The van der Waals surface area contributed by atoms with Crippen LogP contribution < -0.4 is 5.48 Å². The summed E-state index contributed by atoms with van der Waals surface area (Å²) in [6, 6.07) is 12.4. The predicted octanol–water partition coefficient (Wildman–Crippen LogP) is 3.86. The molecule has 0 aliphatic heterocycles. The van der Waals surface area contributed by atoms with Gasteiger partial charge < -0.3 is 10.1 Å². The first-order chi connectivity index (χ1) is 15.1. The number of carbonyl (C=O) groups is 1. The maximum absolute atomic E-state index is 11.2. The number of hydrogen-bond acceptors (Lipinski definition) is 4. The Morgan fingerprint density at radius 2 is 2.13 bits per heavy atom. The highest BCUT2D eigenvalue weighted by atomic mass is 35.5. The molecule has 1 unspecified atom stereocenters. The van der Waals surface area contributed by atoms with Crippen molar-refractivity contribution >= 4 is 34.5 Å². The van der Waals surface area contributed by atoms with Crippen LogP contribution in [0.1, 0.15) is 34.7 Å². The first kappa shape index (κ1) is 21.6. The minimum atomic E-state index is -0.549. The quantitative estimate of drug-likeness (QED) is 0.244. The fraction of sp³-hybridized carbons (Fsp3) is 0.292. The lowest BCUT2D eigenvalue weighted by atomic mass is 10.0. The van der Waals surface area contributed by atoms with E-state index in [4.69, 9.17) is 16.8 Å². The van der Waals surface area contributed by atoms with Gasteiger partial charge in [0.2, 0.25) is 0 Å². The summed E-state index contributed by atoms with van der Waals surface area (Å²) < 4.78 is 0. The molecule has 3 aromatic rings. The first-order valence-electron chi connectivity index (χ1n) is 10.4. The number of amides is 1. The van der Waals surface area contributed by atoms with E-state index in [-0.39, 0.29) is 12.6 Å². The average Bonchev–Trinajstić information content (AvgIpc) is 3.38. The van der Waals surface area contributed by atoms with Crippen molar-refractivity contribution in [2.24, 2.45) is 0 Å². The van der Waals surface area contributed by atoms with E-state index < -0.39 is 5.91 Å². The van der Waals surface area contributed by atoms with Crippen molar-refractivity contribution in [3.63, 3.8) is 0 Å². The van der Waals surface area contributed by atoms with Crippen LogP contribution >= 0.6 is 11.6 Å². The fourth-order valence-corrected chi connectivity index (χ4v) is 4.66. The Kier molecular flexibility index (Phi) is 6.73. The third kappa shape index (κ3) is 4.83. The second-order valence-corrected chi connectivity index (χ2v) is 8.27. The maximum Gasteiger partial charge on any atom is 0.267 e. The van der Waals surface area contributed by atoms with E-state index in [1.54, 1.807) is 11.6 Å². The van der Waals surface area contributed by atoms with Gasteiger partial charge in [-0.1, -0.05) is 35.9 Å². The van der Waals surface area contributed by atoms with E-state index in [9.17, 15) is 9.90 Å². The number of H-pyrrole nitrogens is 1. The molecule has 1 aliphatic carbocycles. The number of nitrogens with zero attached hydrogens (tertiary/aromatic N) is 1. The Balaban J connectivity index is 1.49. The number of rotatable bonds is 8. The number of carbonyl (C=O) groups excluding carboxylic acids is 1. The normalized spacial score (nSPS) is 15.8. The van der Waals surface area contributed by atoms with Crippen LogP contribution in [0.4, 0.5) is 0 Å². The number of aliphatic hydroxyl groups excluding tert-OH is 1. The number of hydrogen-bond donors (Lipinski definition) is 4. The van der Waals surface area contributed by atoms with E-state index in [1.807, 2.05) is 24.4 Å². The van der Waals surface area contributed by atoms with Crippen molar-refractivity contribution in [2.75, 3.05) is 19.7 Å². The number of fused-ring (bicyclic) bond motifs is 2. The van der Waals surface area contributed by atoms with E-state index in [0.29, 0.717) is 6.54 Å². The molecule has 4 N–H and O–H groups in total. The number of halogens is 1. The molecule has 0 radical (unpaired) electrons. The SMILES string of the molecule is O=C(/C=C/c1ccc2c(c1)CCC2N(CCO)CCc1c[nH]c2cc(Cl)ccc12)NO. The van der Waals surface area contributed by atoms with Crippen LogP contribution in [-0.2, 0) is 17.6 Å². The summed E-state index contributed by atoms with van der Waals surface area (Å²) in [5.41, 5.74) is 7.35. The van der Waals surface area contributed by atoms with Gasteiger partial charge in [-0.05, 0) is 59.7 Å². The van der Waals surface area contributed by atoms with Gasteiger partial charge in [-0.3, -0.25) is 14.9 Å². The molecule has 0 spiro atoms. The van der Waals surface area contributed by atoms with Crippen molar-refractivity contribution in [1.29, 1.82) is 0 Å². The molecule has 6 nitrogen and oxygen atoms in total. The zero-order chi connectivity index (χ0) is 21.8. The molecule has 1 amide bonds. The van der Waals surface area contributed by atoms with E-state index in [1.165, 1.54) is 28.2 Å². The van der Waals surface area contributed by atoms with E-state index >= 15 is 0 Å². The zero-order valence-electron chi connectivity index (χ0n) is 17.1. The van der Waals surface area contributed by atoms with Gasteiger partial charge in [-0.15, -0.1) is 0 Å². The summed E-state index contributed by atoms with van der Waals surface area (Å²) in [4.78, 5) is 16.9. The molecule has 1 atom stereocenters. The van der Waals surface area contributed by atoms with Crippen molar-refractivity contribution in [1.82, 2.24) is 15.4 Å². The van der Waals surface area contributed by atoms with E-state index in [2.05, 4.69) is 28.1 Å². The molecule has 31 heavy (non-hydrogen) atoms. The lowest BCUT2D eigenvalue weighted by Crippen LogP contribution is -2.32. The summed E-state index contributed by atoms with van der Waals surface area (Å²) in [6.45, 7) is 1.58. The Hall–Kier alpha value is -2.64. The number of nitrogens with one attached hydrogen (secondary N) is 2. The van der Waals surface area contributed by atoms with Gasteiger partial charge >= 0.3 is 0 Å². The van der Waals surface area contributed by atoms with Crippen LogP contribution in [0, 0.1) is 0 Å². The standard InChI is InChI=1S/C24H26ClN3O3/c25-19-4-6-20-18(15-26-22(20)14-19)9-10-28(11-12-29)23-7-3-17-13-16(1-5-21(17)23)2-8-24(30)27-31/h1-2,4-6,8,13-15,23,26,29,31H,3,7,9-12H2,(H,27,30)/b8-2+. The number of aromatic amines is 1. The van der Waals surface area contributed by atoms with Crippen molar-refractivity contribution < 1.29 is 15.1 Å². The number of benzene rings is 2. The summed E-state index contributed by atoms with van der Waals surface area (Å²) in [5, 5.41) is 20.2. The molecule has 0 fully saturated rings. The number of aryl methyl sites for hydroxylation is 1. The number of aromatic nitrogens is 1. The highest BCUT2D eigenvalue weighted by Gasteiger charge is 2.27. The first-order valence-corrected chi connectivity index (χ1v) is 10.8. The molecule has 0 saturated carbocycles. The van der Waals surface area contributed by atoms with Gasteiger partial charge in [0.05, 0.1) is 6.61 Å². The fourth-order valence-electron chi connectivity index (χ4n) is 4.49. The molecule has 1 heterocycles. The number of hydroxylamine groups is 1. The molecular weight excluding hydrogens is 414 g/mol. The van der Waals surface area contributed by atoms with Crippen LogP contribution in [-0.4, -0.2) is 45.8 Å². The molecule has 1 aromatic heterocycles. The maximum atomic E-state index is 11.2. The molecule has 0 bridgehead atoms. The Morgan fingerprint density at radius 3 is 2.94 bits per heavy atom. The predicted molar refractivity (Wildman–Crippen MR) is 122 cm³/mol. The highest BCUT2D eigenvalue weighted by molar-refractivity contribution is 6.31. The van der Waals surface area contributed by atoms with Crippen molar-refractivity contribution in [2.45, 2.75) is 25.3 Å². The van der Waals surface area contributed by atoms with Gasteiger partial charge in [0.25, 0.3) is 5.91 Å². The molecule has 7 heteroatoms. The average molecular weight is 440 g/mol. The van der Waals surface area contributed by atoms with Gasteiger partial charge in [-0.25, -0.2) is 5.48 Å². The Labute approximate surface area is 186 Å². The second-order valence-electron chi connectivity index (χ2n) is 7.84. The third-order valence-electron chi connectivity index (χ3n) is 5.98. The van der Waals surface area contributed by atoms with Crippen LogP contribution in [0.5, 0.6) is 0 Å². The lowest BCUT2D eigenvalue weighted by Gasteiger charge is -2.29. The van der Waals surface area contributed by atoms with Gasteiger partial charge in [0.15, 0.2) is 0 Å². The second kappa shape index (κ2) is 9.66. The molecule has 1 aliphatic rings. The van der Waals surface area contributed by atoms with Gasteiger partial charge in [-0.2, -0.15) is 0 Å². The topological polar surface area (TPSA) is 88.6 Å². The minimum absolute atomic E-state index is 0.117. The van der Waals surface area contributed by atoms with E-state index in [0.717, 1.165) is 41.9 Å². The molecule has 4 rings (SSSR count). The number of aliphatic hydroxyl groups is 1. The van der Waals surface area contributed by atoms with Crippen LogP contribution in [0.2, 0.25) is 5.02 Å². The van der Waals surface area contributed by atoms with Gasteiger partial charge in [0.1, 0.15) is 0 Å². The molecule has 0 saturated heterocycles. The molecule has 2 aromatic carbocycles. The van der Waals surface area contributed by atoms with Crippen LogP contribution in [0.3, 0.4) is 0 Å². The smallest absolute Gasteiger partial charge is 0.267 e. The summed E-state index contributed by atoms with van der Waals surface area (Å²) in [5.74, 6) is -0.549. The van der Waals surface area contributed by atoms with Crippen LogP contribution in [0.25, 0.3) is 17.0 Å². The minimum Gasteiger partial charge on any atom is -0.395 e. The Bertz CT molecular complexity index is 1110. The summed E-state index contributed by atoms with van der Waals surface area (Å²) >= 11 is 6.09. The summed E-state index contributed by atoms with van der Waals surface area (Å²) in [7, 11) is 0. The van der Waals surface area contributed by atoms with Gasteiger partial charge in [0, 0.05) is 47.3 Å². The van der Waals surface area contributed by atoms with Crippen molar-refractivity contribution in [3.05, 3.63) is 75.9 Å². The van der Waals surface area contributed by atoms with Crippen molar-refractivity contribution in [3.8, 4) is 0 Å². The largest absolute Gasteiger partial charge is 0.395 e. The Morgan fingerprint density at radius 1 is 1.26 bits per heavy atom. The molecular formula is C24H26ClN3O3. The molecule has 162 valence electrons. The third-order valence-corrected chi connectivity index (χ3v) is 6.21. The summed E-state index contributed by atoms with van der Waals surface area (Å²) in [6.07, 6.45) is 7.88. The monoisotopic (exact) mass is 439 g/mol. The zero-order valence-corrected chi connectivity index (χ0v) is 17.9. The highest BCUT2D eigenvalue weighted by Crippen LogP contribution is 2.36. The lowest BCUT2D eigenvalue weighted by molar-refractivity contribution is -0.124.